The van der Waals surface area contributed by atoms with Crippen molar-refractivity contribution in [2.75, 3.05) is 11.5 Å². The van der Waals surface area contributed by atoms with E-state index in [2.05, 4.69) is 4.98 Å². The molecule has 10 nitrogen and oxygen atoms in total. The lowest BCUT2D eigenvalue weighted by Crippen LogP contribution is -2.29. The summed E-state index contributed by atoms with van der Waals surface area (Å²) < 4.78 is 12.1. The summed E-state index contributed by atoms with van der Waals surface area (Å²) in [6.07, 6.45) is 0.631. The lowest BCUT2D eigenvalue weighted by molar-refractivity contribution is -0.384. The van der Waals surface area contributed by atoms with Crippen molar-refractivity contribution in [3.05, 3.63) is 93.0 Å². The number of rotatable bonds is 6. The van der Waals surface area contributed by atoms with Crippen LogP contribution in [0.5, 0.6) is 11.5 Å². The van der Waals surface area contributed by atoms with E-state index < -0.39 is 22.7 Å². The predicted molar refractivity (Wildman–Crippen MR) is 149 cm³/mol. The van der Waals surface area contributed by atoms with E-state index in [-0.39, 0.29) is 28.3 Å². The molecule has 202 valence electrons. The van der Waals surface area contributed by atoms with Crippen molar-refractivity contribution < 1.29 is 29.1 Å². The Morgan fingerprint density at radius 2 is 1.95 bits per heavy atom. The van der Waals surface area contributed by atoms with E-state index >= 15 is 0 Å². The Morgan fingerprint density at radius 1 is 1.18 bits per heavy atom. The van der Waals surface area contributed by atoms with Gasteiger partial charge in [0.15, 0.2) is 5.13 Å². The molecule has 4 aromatic rings. The molecule has 1 fully saturated rings. The van der Waals surface area contributed by atoms with Gasteiger partial charge in [-0.05, 0) is 73.5 Å². The maximum absolute atomic E-state index is 13.5. The van der Waals surface area contributed by atoms with E-state index in [9.17, 15) is 24.8 Å². The van der Waals surface area contributed by atoms with Crippen molar-refractivity contribution in [3.63, 3.8) is 0 Å². The number of fused-ring (bicyclic) bond motifs is 2. The molecular weight excluding hydrogens is 534 g/mol. The second kappa shape index (κ2) is 9.76. The van der Waals surface area contributed by atoms with Crippen LogP contribution in [-0.4, -0.2) is 39.4 Å². The number of nitrogens with zero attached hydrogens (tertiary/aromatic N) is 3. The van der Waals surface area contributed by atoms with Crippen molar-refractivity contribution >= 4 is 49.8 Å². The van der Waals surface area contributed by atoms with E-state index in [1.165, 1.54) is 40.5 Å². The summed E-state index contributed by atoms with van der Waals surface area (Å²) in [4.78, 5) is 43.7. The van der Waals surface area contributed by atoms with Gasteiger partial charge in [-0.3, -0.25) is 24.6 Å². The number of carbonyl (C=O) groups is 2. The largest absolute Gasteiger partial charge is 0.507 e. The summed E-state index contributed by atoms with van der Waals surface area (Å²) in [6, 6.07) is 15.0. The van der Waals surface area contributed by atoms with Gasteiger partial charge in [-0.15, -0.1) is 0 Å². The molecule has 2 aliphatic heterocycles. The average molecular weight is 558 g/mol. The van der Waals surface area contributed by atoms with E-state index in [1.54, 1.807) is 30.3 Å². The summed E-state index contributed by atoms with van der Waals surface area (Å²) in [5.74, 6) is -0.718. The van der Waals surface area contributed by atoms with Gasteiger partial charge >= 0.3 is 5.91 Å². The molecule has 0 saturated carbocycles. The number of amides is 1. The molecule has 11 heteroatoms. The lowest BCUT2D eigenvalue weighted by Gasteiger charge is -2.23. The second-order valence-corrected chi connectivity index (χ2v) is 10.5. The van der Waals surface area contributed by atoms with Crippen LogP contribution in [0.4, 0.5) is 10.8 Å². The molecule has 0 unspecified atom stereocenters. The SMILES string of the molecule is CCOc1ccc2nc(N3C(=O)C(=O)C(=C(O)c4ccc5c(c4)C[C@@H](C)O5)[C@H]3c3ccc([N+](=O)[O-])cc3)sc2c1. The molecule has 0 spiro atoms. The van der Waals surface area contributed by atoms with Crippen LogP contribution >= 0.6 is 11.3 Å². The number of aromatic nitrogens is 1. The smallest absolute Gasteiger partial charge is 0.301 e. The van der Waals surface area contributed by atoms with Crippen LogP contribution in [0, 0.1) is 10.1 Å². The van der Waals surface area contributed by atoms with Gasteiger partial charge in [0.25, 0.3) is 11.5 Å². The minimum atomic E-state index is -1.06. The quantitative estimate of drug-likeness (QED) is 0.107. The number of carbonyl (C=O) groups excluding carboxylic acids is 2. The Bertz CT molecular complexity index is 1730. The Morgan fingerprint density at radius 3 is 2.67 bits per heavy atom. The van der Waals surface area contributed by atoms with Crippen LogP contribution in [0.15, 0.2) is 66.2 Å². The Kier molecular flexibility index (Phi) is 6.22. The zero-order valence-electron chi connectivity index (χ0n) is 21.5. The third-order valence-electron chi connectivity index (χ3n) is 6.90. The van der Waals surface area contributed by atoms with Crippen molar-refractivity contribution in [1.82, 2.24) is 4.98 Å². The Labute approximate surface area is 232 Å². The molecule has 3 aromatic carbocycles. The third kappa shape index (κ3) is 4.24. The summed E-state index contributed by atoms with van der Waals surface area (Å²) >= 11 is 1.21. The van der Waals surface area contributed by atoms with Crippen molar-refractivity contribution in [2.45, 2.75) is 32.4 Å². The first-order valence-electron chi connectivity index (χ1n) is 12.6. The van der Waals surface area contributed by atoms with Gasteiger partial charge in [0.2, 0.25) is 0 Å². The van der Waals surface area contributed by atoms with Crippen molar-refractivity contribution in [3.8, 4) is 11.5 Å². The summed E-state index contributed by atoms with van der Waals surface area (Å²) in [5, 5.41) is 23.0. The van der Waals surface area contributed by atoms with Gasteiger partial charge in [0.05, 0.1) is 33.4 Å². The number of non-ortho nitro benzene ring substituents is 1. The highest BCUT2D eigenvalue weighted by atomic mass is 32.1. The van der Waals surface area contributed by atoms with Gasteiger partial charge in [0, 0.05) is 24.1 Å². The monoisotopic (exact) mass is 557 g/mol. The normalized spacial score (nSPS) is 19.6. The van der Waals surface area contributed by atoms with Crippen LogP contribution in [0.3, 0.4) is 0 Å². The molecule has 6 rings (SSSR count). The molecule has 2 atom stereocenters. The fourth-order valence-electron chi connectivity index (χ4n) is 5.10. The number of Topliss-reactive ketones (excluding diaryl/α,β-unsaturated/α-hetero) is 1. The molecule has 0 bridgehead atoms. The number of hydrogen-bond donors (Lipinski definition) is 1. The van der Waals surface area contributed by atoms with Crippen LogP contribution in [0.25, 0.3) is 16.0 Å². The zero-order chi connectivity index (χ0) is 28.1. The molecule has 0 aliphatic carbocycles. The van der Waals surface area contributed by atoms with Gasteiger partial charge in [0.1, 0.15) is 23.4 Å². The highest BCUT2D eigenvalue weighted by Crippen LogP contribution is 2.45. The number of nitro groups is 1. The molecule has 1 saturated heterocycles. The highest BCUT2D eigenvalue weighted by Gasteiger charge is 2.48. The van der Waals surface area contributed by atoms with Gasteiger partial charge in [-0.2, -0.15) is 0 Å². The number of ketones is 1. The predicted octanol–water partition coefficient (Wildman–Crippen LogP) is 5.55. The molecule has 40 heavy (non-hydrogen) atoms. The molecular formula is C29H23N3O7S. The third-order valence-corrected chi connectivity index (χ3v) is 7.92. The Balaban J connectivity index is 1.51. The first-order chi connectivity index (χ1) is 19.2. The minimum Gasteiger partial charge on any atom is -0.507 e. The Hall–Kier alpha value is -4.77. The summed E-state index contributed by atoms with van der Waals surface area (Å²) in [5.41, 5.74) is 2.01. The fourth-order valence-corrected chi connectivity index (χ4v) is 6.12. The molecule has 1 amide bonds. The van der Waals surface area contributed by atoms with Crippen LogP contribution in [0.1, 0.15) is 36.6 Å². The van der Waals surface area contributed by atoms with Crippen LogP contribution in [-0.2, 0) is 16.0 Å². The van der Waals surface area contributed by atoms with Crippen molar-refractivity contribution in [2.24, 2.45) is 0 Å². The van der Waals surface area contributed by atoms with Crippen molar-refractivity contribution in [1.29, 1.82) is 0 Å². The first kappa shape index (κ1) is 25.5. The number of ether oxygens (including phenoxy) is 2. The number of aliphatic hydroxyl groups is 1. The van der Waals surface area contributed by atoms with Gasteiger partial charge in [-0.25, -0.2) is 4.98 Å². The summed E-state index contributed by atoms with van der Waals surface area (Å²) in [6.45, 7) is 4.30. The standard InChI is InChI=1S/C29H23N3O7S/c1-3-38-20-9-10-21-23(14-20)40-29(30-21)31-25(16-4-7-19(8-5-16)32(36)37)24(27(34)28(31)35)26(33)17-6-11-22-18(13-17)12-15(2)39-22/h4-11,13-15,25,33H,3,12H2,1-2H3/t15-,25-/m1/s1. The topological polar surface area (TPSA) is 132 Å². The van der Waals surface area contributed by atoms with E-state index in [0.29, 0.717) is 41.2 Å². The second-order valence-electron chi connectivity index (χ2n) is 9.53. The van der Waals surface area contributed by atoms with E-state index in [0.717, 1.165) is 10.3 Å². The number of benzene rings is 3. The molecule has 0 radical (unpaired) electrons. The first-order valence-corrected chi connectivity index (χ1v) is 13.5. The molecule has 2 aliphatic rings. The molecule has 1 aromatic heterocycles. The van der Waals surface area contributed by atoms with Gasteiger partial charge in [-0.1, -0.05) is 11.3 Å². The van der Waals surface area contributed by atoms with E-state index in [4.69, 9.17) is 9.47 Å². The van der Waals surface area contributed by atoms with Gasteiger partial charge < -0.3 is 14.6 Å². The number of hydrogen-bond acceptors (Lipinski definition) is 9. The maximum atomic E-state index is 13.5. The number of anilines is 1. The molecule has 3 heterocycles. The fraction of sp³-hybridized carbons (Fsp3) is 0.207. The maximum Gasteiger partial charge on any atom is 0.301 e. The molecule has 1 N–H and O–H groups in total. The average Bonchev–Trinajstić information content (AvgIpc) is 3.60. The zero-order valence-corrected chi connectivity index (χ0v) is 22.3. The number of aliphatic hydroxyl groups excluding tert-OH is 1. The summed E-state index contributed by atoms with van der Waals surface area (Å²) in [7, 11) is 0. The minimum absolute atomic E-state index is 0.0136. The van der Waals surface area contributed by atoms with Crippen LogP contribution < -0.4 is 14.4 Å². The van der Waals surface area contributed by atoms with E-state index in [1.807, 2.05) is 19.9 Å². The number of nitro benzene ring substituents is 1. The van der Waals surface area contributed by atoms with Crippen LogP contribution in [0.2, 0.25) is 0 Å². The highest BCUT2D eigenvalue weighted by molar-refractivity contribution is 7.22. The lowest BCUT2D eigenvalue weighted by atomic mass is 9.94. The number of thiazole rings is 1.